The molecule has 2 aliphatic carbocycles. The lowest BCUT2D eigenvalue weighted by atomic mass is 9.72. The molecule has 1 heterocycles. The van der Waals surface area contributed by atoms with Gasteiger partial charge in [-0.2, -0.15) is 0 Å². The molecule has 0 aromatic heterocycles. The molecule has 0 amide bonds. The predicted octanol–water partition coefficient (Wildman–Crippen LogP) is 8.74. The molecule has 0 bridgehead atoms. The van der Waals surface area contributed by atoms with E-state index >= 15 is 0 Å². The van der Waals surface area contributed by atoms with E-state index in [1.54, 1.807) is 0 Å². The molecule has 2 unspecified atom stereocenters. The van der Waals surface area contributed by atoms with Crippen molar-refractivity contribution in [1.82, 2.24) is 0 Å². The second kappa shape index (κ2) is 21.9. The maximum Gasteiger partial charge on any atom is 0.187 e. The number of aliphatic hydroxyl groups excluding tert-OH is 6. The smallest absolute Gasteiger partial charge is 0.187 e. The summed E-state index contributed by atoms with van der Waals surface area (Å²) in [6, 6.07) is 0. The van der Waals surface area contributed by atoms with E-state index in [1.165, 1.54) is 48.0 Å². The minimum absolute atomic E-state index is 0.105. The molecule has 318 valence electrons. The van der Waals surface area contributed by atoms with Crippen molar-refractivity contribution in [1.29, 1.82) is 0 Å². The highest BCUT2D eigenvalue weighted by Crippen LogP contribution is 2.42. The summed E-state index contributed by atoms with van der Waals surface area (Å²) in [6.07, 6.45) is 22.8. The summed E-state index contributed by atoms with van der Waals surface area (Å²) in [6.45, 7) is 20.4. The molecule has 0 saturated carbocycles. The van der Waals surface area contributed by atoms with Crippen LogP contribution in [0.15, 0.2) is 117 Å². The fraction of sp³-hybridized carbons (Fsp3) is 0.592. The average Bonchev–Trinajstić information content (AvgIpc) is 3.14. The molecule has 6 N–H and O–H groups in total. The molecule has 0 aromatic carbocycles. The van der Waals surface area contributed by atoms with Gasteiger partial charge in [-0.15, -0.1) is 0 Å². The molecular formula is C49H74O8. The maximum absolute atomic E-state index is 11.4. The third-order valence-corrected chi connectivity index (χ3v) is 12.1. The molecular weight excluding hydrogens is 717 g/mol. The standard InChI is InChI=1S/C49H74O8/c1-33(21-23-39-37(5)19-13-27-47(39,7)8)15-11-17-35(3)25-29-49(42(52)32-51,57-46-45(55)44(54)43(53)41(31-50)56-46)30-26-36(4)18-12-16-34(2)22-24-40-38(6)20-14-28-48(40,9)10/h11-12,15-18,21-26,41-46,50-55H,13-14,19-20,27-32H2,1-10H3/t41-,42?,43-,44+,45-,46?,49?/m1/s1. The molecule has 3 rings (SSSR count). The first-order chi connectivity index (χ1) is 26.8. The molecule has 0 spiro atoms. The Kier molecular flexibility index (Phi) is 18.6. The fourth-order valence-electron chi connectivity index (χ4n) is 8.16. The molecule has 6 atom stereocenters. The molecule has 1 saturated heterocycles. The molecule has 3 aliphatic rings. The van der Waals surface area contributed by atoms with Gasteiger partial charge in [-0.3, -0.25) is 0 Å². The topological polar surface area (TPSA) is 140 Å². The Bertz CT molecular complexity index is 1560. The van der Waals surface area contributed by atoms with Crippen molar-refractivity contribution in [3.05, 3.63) is 117 Å². The summed E-state index contributed by atoms with van der Waals surface area (Å²) in [5.74, 6) is 0. The molecule has 1 aliphatic heterocycles. The molecule has 8 nitrogen and oxygen atoms in total. The van der Waals surface area contributed by atoms with E-state index in [4.69, 9.17) is 9.47 Å². The lowest BCUT2D eigenvalue weighted by molar-refractivity contribution is -0.336. The third kappa shape index (κ3) is 13.8. The lowest BCUT2D eigenvalue weighted by Crippen LogP contribution is -2.62. The number of aliphatic hydroxyl groups is 6. The van der Waals surface area contributed by atoms with Gasteiger partial charge in [0.05, 0.1) is 13.2 Å². The van der Waals surface area contributed by atoms with E-state index in [2.05, 4.69) is 79.7 Å². The predicted molar refractivity (Wildman–Crippen MR) is 232 cm³/mol. The number of allylic oxidation sites excluding steroid dienone is 18. The zero-order valence-corrected chi connectivity index (χ0v) is 36.5. The third-order valence-electron chi connectivity index (χ3n) is 12.1. The first-order valence-electron chi connectivity index (χ1n) is 20.8. The van der Waals surface area contributed by atoms with Crippen LogP contribution in [0.3, 0.4) is 0 Å². The molecule has 57 heavy (non-hydrogen) atoms. The highest BCUT2D eigenvalue weighted by atomic mass is 16.7. The van der Waals surface area contributed by atoms with Crippen LogP contribution in [0.5, 0.6) is 0 Å². The van der Waals surface area contributed by atoms with Crippen LogP contribution in [0.2, 0.25) is 0 Å². The Balaban J connectivity index is 1.88. The fourth-order valence-corrected chi connectivity index (χ4v) is 8.16. The zero-order valence-electron chi connectivity index (χ0n) is 36.5. The monoisotopic (exact) mass is 791 g/mol. The summed E-state index contributed by atoms with van der Waals surface area (Å²) in [4.78, 5) is 0. The van der Waals surface area contributed by atoms with Crippen LogP contribution < -0.4 is 0 Å². The zero-order chi connectivity index (χ0) is 42.6. The second-order valence-corrected chi connectivity index (χ2v) is 18.0. The minimum atomic E-state index is -1.68. The normalized spacial score (nSPS) is 28.7. The minimum Gasteiger partial charge on any atom is -0.394 e. The summed E-state index contributed by atoms with van der Waals surface area (Å²) in [5, 5.41) is 63.3. The van der Waals surface area contributed by atoms with Gasteiger partial charge in [0, 0.05) is 0 Å². The van der Waals surface area contributed by atoms with Gasteiger partial charge in [0.2, 0.25) is 0 Å². The number of rotatable bonds is 17. The Morgan fingerprint density at radius 3 is 1.58 bits per heavy atom. The van der Waals surface area contributed by atoms with Gasteiger partial charge in [0.15, 0.2) is 6.29 Å². The van der Waals surface area contributed by atoms with Crippen LogP contribution >= 0.6 is 0 Å². The van der Waals surface area contributed by atoms with E-state index in [1.807, 2.05) is 62.5 Å². The van der Waals surface area contributed by atoms with Crippen molar-refractivity contribution in [2.75, 3.05) is 13.2 Å². The SMILES string of the molecule is CC(C=CC1=C(C)CCCC1(C)C)=CC=CC(C)=CCC(CC=C(C)C=CC=C(C)C=CC1=C(C)CCCC1(C)C)(OC1O[C@H](CO)[C@@H](O)[C@H](O)[C@H]1O)C(O)CO. The van der Waals surface area contributed by atoms with Crippen molar-refractivity contribution < 1.29 is 40.1 Å². The van der Waals surface area contributed by atoms with Gasteiger partial charge in [0.1, 0.15) is 36.1 Å². The number of ether oxygens (including phenoxy) is 2. The van der Waals surface area contributed by atoms with Crippen LogP contribution in [0, 0.1) is 10.8 Å². The van der Waals surface area contributed by atoms with Crippen molar-refractivity contribution in [3.8, 4) is 0 Å². The van der Waals surface area contributed by atoms with Gasteiger partial charge in [0.25, 0.3) is 0 Å². The molecule has 1 fully saturated rings. The lowest BCUT2D eigenvalue weighted by Gasteiger charge is -2.45. The molecule has 0 radical (unpaired) electrons. The Morgan fingerprint density at radius 2 is 1.18 bits per heavy atom. The van der Waals surface area contributed by atoms with Crippen molar-refractivity contribution in [3.63, 3.8) is 0 Å². The highest BCUT2D eigenvalue weighted by molar-refractivity contribution is 5.38. The van der Waals surface area contributed by atoms with Gasteiger partial charge < -0.3 is 40.1 Å². The summed E-state index contributed by atoms with van der Waals surface area (Å²) in [5.41, 5.74) is 8.48. The van der Waals surface area contributed by atoms with Crippen LogP contribution in [0.4, 0.5) is 0 Å². The summed E-state index contributed by atoms with van der Waals surface area (Å²) >= 11 is 0. The summed E-state index contributed by atoms with van der Waals surface area (Å²) < 4.78 is 12.1. The molecule has 0 aromatic rings. The highest BCUT2D eigenvalue weighted by Gasteiger charge is 2.49. The van der Waals surface area contributed by atoms with Crippen molar-refractivity contribution in [2.45, 2.75) is 163 Å². The Hall–Kier alpha value is -2.92. The number of hydrogen-bond acceptors (Lipinski definition) is 8. The van der Waals surface area contributed by atoms with Crippen molar-refractivity contribution >= 4 is 0 Å². The maximum atomic E-state index is 11.4. The van der Waals surface area contributed by atoms with Crippen LogP contribution in [-0.4, -0.2) is 86.3 Å². The van der Waals surface area contributed by atoms with E-state index in [-0.39, 0.29) is 23.7 Å². The first kappa shape index (κ1) is 48.4. The van der Waals surface area contributed by atoms with Crippen LogP contribution in [-0.2, 0) is 9.47 Å². The molecule has 8 heteroatoms. The van der Waals surface area contributed by atoms with Crippen molar-refractivity contribution in [2.24, 2.45) is 10.8 Å². The van der Waals surface area contributed by atoms with Gasteiger partial charge in [-0.05, 0) is 115 Å². The van der Waals surface area contributed by atoms with E-state index in [9.17, 15) is 30.6 Å². The largest absolute Gasteiger partial charge is 0.394 e. The Labute approximate surface area is 343 Å². The second-order valence-electron chi connectivity index (χ2n) is 18.0. The quantitative estimate of drug-likeness (QED) is 0.0805. The average molecular weight is 791 g/mol. The van der Waals surface area contributed by atoms with Gasteiger partial charge >= 0.3 is 0 Å². The van der Waals surface area contributed by atoms with E-state index in [0.717, 1.165) is 35.1 Å². The van der Waals surface area contributed by atoms with Crippen LogP contribution in [0.25, 0.3) is 0 Å². The van der Waals surface area contributed by atoms with E-state index in [0.29, 0.717) is 0 Å². The number of hydrogen-bond donors (Lipinski definition) is 6. The van der Waals surface area contributed by atoms with Gasteiger partial charge in [-0.25, -0.2) is 0 Å². The van der Waals surface area contributed by atoms with E-state index < -0.39 is 55.6 Å². The summed E-state index contributed by atoms with van der Waals surface area (Å²) in [7, 11) is 0. The van der Waals surface area contributed by atoms with Crippen LogP contribution in [0.1, 0.15) is 121 Å². The first-order valence-corrected chi connectivity index (χ1v) is 20.8. The van der Waals surface area contributed by atoms with Gasteiger partial charge in [-0.1, -0.05) is 134 Å². The Morgan fingerprint density at radius 1 is 0.719 bits per heavy atom.